The second kappa shape index (κ2) is 9.26. The van der Waals surface area contributed by atoms with Gasteiger partial charge in [-0.1, -0.05) is 31.9 Å². The van der Waals surface area contributed by atoms with Gasteiger partial charge in [-0.25, -0.2) is 4.79 Å². The smallest absolute Gasteiger partial charge is 0.340 e. The van der Waals surface area contributed by atoms with Crippen LogP contribution in [0.5, 0.6) is 0 Å². The molecule has 1 heterocycles. The first-order valence-corrected chi connectivity index (χ1v) is 9.45. The Balaban J connectivity index is 1.52. The van der Waals surface area contributed by atoms with Crippen LogP contribution >= 0.6 is 0 Å². The molecule has 1 fully saturated rings. The van der Waals surface area contributed by atoms with Crippen LogP contribution in [-0.2, 0) is 16.1 Å². The lowest BCUT2D eigenvalue weighted by atomic mass is 9.86. The van der Waals surface area contributed by atoms with Crippen LogP contribution in [0.2, 0.25) is 0 Å². The van der Waals surface area contributed by atoms with E-state index in [4.69, 9.17) is 9.15 Å². The summed E-state index contributed by atoms with van der Waals surface area (Å²) in [7, 11) is 0. The molecule has 6 heteroatoms. The highest BCUT2D eigenvalue weighted by Crippen LogP contribution is 2.23. The van der Waals surface area contributed by atoms with E-state index in [-0.39, 0.29) is 18.6 Å². The van der Waals surface area contributed by atoms with E-state index in [1.54, 1.807) is 24.5 Å². The number of hydrogen-bond donors (Lipinski definition) is 2. The van der Waals surface area contributed by atoms with Crippen LogP contribution in [0.3, 0.4) is 0 Å². The lowest BCUT2D eigenvalue weighted by Crippen LogP contribution is -2.42. The highest BCUT2D eigenvalue weighted by atomic mass is 16.5. The summed E-state index contributed by atoms with van der Waals surface area (Å²) in [5, 5.41) is 6.15. The van der Waals surface area contributed by atoms with E-state index in [1.165, 1.54) is 6.42 Å². The average molecular weight is 370 g/mol. The van der Waals surface area contributed by atoms with Gasteiger partial charge in [-0.3, -0.25) is 4.79 Å². The second-order valence-electron chi connectivity index (χ2n) is 6.99. The monoisotopic (exact) mass is 370 g/mol. The second-order valence-corrected chi connectivity index (χ2v) is 6.99. The molecule has 1 saturated carbocycles. The Morgan fingerprint density at radius 2 is 1.96 bits per heavy atom. The highest BCUT2D eigenvalue weighted by molar-refractivity contribution is 5.96. The van der Waals surface area contributed by atoms with E-state index >= 15 is 0 Å². The summed E-state index contributed by atoms with van der Waals surface area (Å²) in [6.07, 6.45) is 6.05. The van der Waals surface area contributed by atoms with E-state index < -0.39 is 5.97 Å². The topological polar surface area (TPSA) is 80.6 Å². The zero-order valence-electron chi connectivity index (χ0n) is 15.6. The molecular weight excluding hydrogens is 344 g/mol. The molecule has 3 rings (SSSR count). The summed E-state index contributed by atoms with van der Waals surface area (Å²) in [6.45, 7) is 2.34. The predicted octanol–water partition coefficient (Wildman–Crippen LogP) is 3.74. The van der Waals surface area contributed by atoms with Crippen molar-refractivity contribution in [2.75, 3.05) is 11.9 Å². The highest BCUT2D eigenvalue weighted by Gasteiger charge is 2.23. The summed E-state index contributed by atoms with van der Waals surface area (Å²) >= 11 is 0. The van der Waals surface area contributed by atoms with Gasteiger partial charge in [0.2, 0.25) is 0 Å². The van der Waals surface area contributed by atoms with Crippen LogP contribution < -0.4 is 10.6 Å². The van der Waals surface area contributed by atoms with Gasteiger partial charge in [0, 0.05) is 11.7 Å². The zero-order valence-corrected chi connectivity index (χ0v) is 15.6. The number of amides is 1. The molecule has 0 radical (unpaired) electrons. The van der Waals surface area contributed by atoms with Crippen LogP contribution in [-0.4, -0.2) is 24.5 Å². The molecule has 2 atom stereocenters. The first-order chi connectivity index (χ1) is 13.1. The molecule has 1 aliphatic carbocycles. The number of hydrogen-bond acceptors (Lipinski definition) is 5. The fourth-order valence-corrected chi connectivity index (χ4v) is 3.40. The minimum absolute atomic E-state index is 0.173. The number of carbonyl (C=O) groups is 2. The van der Waals surface area contributed by atoms with Crippen LogP contribution in [0.25, 0.3) is 0 Å². The average Bonchev–Trinajstić information content (AvgIpc) is 3.20. The molecule has 6 nitrogen and oxygen atoms in total. The quantitative estimate of drug-likeness (QED) is 0.726. The van der Waals surface area contributed by atoms with Gasteiger partial charge in [0.25, 0.3) is 5.91 Å². The van der Waals surface area contributed by atoms with E-state index in [9.17, 15) is 9.59 Å². The molecule has 2 aromatic rings. The summed E-state index contributed by atoms with van der Waals surface area (Å²) in [5.41, 5.74) is 1.03. The summed E-state index contributed by atoms with van der Waals surface area (Å²) < 4.78 is 10.5. The molecular formula is C21H26N2O4. The third-order valence-corrected chi connectivity index (χ3v) is 4.97. The minimum Gasteiger partial charge on any atom is -0.467 e. The first-order valence-electron chi connectivity index (χ1n) is 9.45. The van der Waals surface area contributed by atoms with Gasteiger partial charge < -0.3 is 19.8 Å². The van der Waals surface area contributed by atoms with Crippen molar-refractivity contribution in [1.29, 1.82) is 0 Å². The van der Waals surface area contributed by atoms with Crippen molar-refractivity contribution in [1.82, 2.24) is 5.32 Å². The van der Waals surface area contributed by atoms with Gasteiger partial charge in [0.1, 0.15) is 5.76 Å². The normalized spacial score (nSPS) is 19.3. The minimum atomic E-state index is -0.524. The Kier molecular flexibility index (Phi) is 6.52. The maximum atomic E-state index is 12.4. The molecule has 0 bridgehead atoms. The number of anilines is 1. The zero-order chi connectivity index (χ0) is 19.1. The molecule has 0 aliphatic heterocycles. The van der Waals surface area contributed by atoms with E-state index in [2.05, 4.69) is 17.6 Å². The number of furan rings is 1. The molecule has 27 heavy (non-hydrogen) atoms. The van der Waals surface area contributed by atoms with Crippen molar-refractivity contribution in [2.45, 2.75) is 45.2 Å². The standard InChI is InChI=1S/C21H26N2O4/c1-15-7-2-4-10-18(15)23-20(24)14-27-21(25)17-9-3-5-11-19(17)22-13-16-8-6-12-26-16/h3,5-6,8-9,11-12,15,18,22H,2,4,7,10,13-14H2,1H3,(H,23,24)/t15-,18+/m0/s1. The number of rotatable bonds is 7. The van der Waals surface area contributed by atoms with Gasteiger partial charge in [-0.2, -0.15) is 0 Å². The van der Waals surface area contributed by atoms with Crippen LogP contribution in [0.1, 0.15) is 48.7 Å². The third kappa shape index (κ3) is 5.36. The summed E-state index contributed by atoms with van der Waals surface area (Å²) in [6, 6.07) is 10.9. The van der Waals surface area contributed by atoms with Crippen molar-refractivity contribution in [2.24, 2.45) is 5.92 Å². The summed E-state index contributed by atoms with van der Waals surface area (Å²) in [4.78, 5) is 24.6. The number of benzene rings is 1. The molecule has 1 aromatic heterocycles. The van der Waals surface area contributed by atoms with Crippen molar-refractivity contribution in [3.63, 3.8) is 0 Å². The van der Waals surface area contributed by atoms with Gasteiger partial charge in [-0.05, 0) is 43.0 Å². The fraction of sp³-hybridized carbons (Fsp3) is 0.429. The Hall–Kier alpha value is -2.76. The lowest BCUT2D eigenvalue weighted by Gasteiger charge is -2.29. The Bertz CT molecular complexity index is 757. The van der Waals surface area contributed by atoms with E-state index in [1.807, 2.05) is 18.2 Å². The third-order valence-electron chi connectivity index (χ3n) is 4.97. The van der Waals surface area contributed by atoms with Gasteiger partial charge in [0.05, 0.1) is 18.4 Å². The molecule has 144 valence electrons. The van der Waals surface area contributed by atoms with Crippen molar-refractivity contribution in [3.8, 4) is 0 Å². The van der Waals surface area contributed by atoms with Crippen LogP contribution in [0.4, 0.5) is 5.69 Å². The molecule has 0 spiro atoms. The van der Waals surface area contributed by atoms with Crippen LogP contribution in [0.15, 0.2) is 47.1 Å². The molecule has 0 saturated heterocycles. The lowest BCUT2D eigenvalue weighted by molar-refractivity contribution is -0.125. The van der Waals surface area contributed by atoms with E-state index in [0.717, 1.165) is 25.0 Å². The maximum Gasteiger partial charge on any atom is 0.340 e. The number of nitrogens with one attached hydrogen (secondary N) is 2. The summed E-state index contributed by atoms with van der Waals surface area (Å²) in [5.74, 6) is 0.455. The number of carbonyl (C=O) groups excluding carboxylic acids is 2. The molecule has 0 unspecified atom stereocenters. The van der Waals surface area contributed by atoms with Crippen molar-refractivity contribution >= 4 is 17.6 Å². The first kappa shape index (κ1) is 19.0. The maximum absolute atomic E-state index is 12.4. The van der Waals surface area contributed by atoms with E-state index in [0.29, 0.717) is 23.7 Å². The molecule has 1 aliphatic rings. The number of esters is 1. The largest absolute Gasteiger partial charge is 0.467 e. The fourth-order valence-electron chi connectivity index (χ4n) is 3.40. The van der Waals surface area contributed by atoms with Gasteiger partial charge >= 0.3 is 5.97 Å². The SMILES string of the molecule is C[C@H]1CCCC[C@H]1NC(=O)COC(=O)c1ccccc1NCc1ccco1. The van der Waals surface area contributed by atoms with Crippen molar-refractivity contribution < 1.29 is 18.7 Å². The van der Waals surface area contributed by atoms with Gasteiger partial charge in [0.15, 0.2) is 6.61 Å². The Morgan fingerprint density at radius 3 is 2.74 bits per heavy atom. The van der Waals surface area contributed by atoms with Gasteiger partial charge in [-0.15, -0.1) is 0 Å². The Morgan fingerprint density at radius 1 is 1.15 bits per heavy atom. The van der Waals surface area contributed by atoms with Crippen LogP contribution in [0, 0.1) is 5.92 Å². The Labute approximate surface area is 159 Å². The molecule has 2 N–H and O–H groups in total. The molecule has 1 aromatic carbocycles. The molecule has 1 amide bonds. The number of ether oxygens (including phenoxy) is 1. The number of para-hydroxylation sites is 1. The predicted molar refractivity (Wildman–Crippen MR) is 102 cm³/mol. The van der Waals surface area contributed by atoms with Crippen molar-refractivity contribution in [3.05, 3.63) is 54.0 Å².